The molecule has 2 rings (SSSR count). The Kier molecular flexibility index (Phi) is 4.62. The van der Waals surface area contributed by atoms with Crippen molar-refractivity contribution in [3.63, 3.8) is 0 Å². The highest BCUT2D eigenvalue weighted by Crippen LogP contribution is 2.25. The third-order valence-electron chi connectivity index (χ3n) is 3.27. The van der Waals surface area contributed by atoms with Crippen LogP contribution < -0.4 is 16.6 Å². The molecule has 1 unspecified atom stereocenters. The summed E-state index contributed by atoms with van der Waals surface area (Å²) in [4.78, 5) is 16.4. The summed E-state index contributed by atoms with van der Waals surface area (Å²) in [5.41, 5.74) is 2.65. The number of hydrogen-bond donors (Lipinski definition) is 3. The first-order valence-corrected chi connectivity index (χ1v) is 7.27. The molecule has 20 heavy (non-hydrogen) atoms. The van der Waals surface area contributed by atoms with Gasteiger partial charge in [0.05, 0.1) is 11.2 Å². The zero-order valence-corrected chi connectivity index (χ0v) is 13.2. The molecule has 1 amide bonds. The number of pyridine rings is 1. The summed E-state index contributed by atoms with van der Waals surface area (Å²) in [5.74, 6) is 5.56. The molecule has 0 aliphatic carbocycles. The molecule has 1 saturated heterocycles. The molecule has 0 aromatic carbocycles. The van der Waals surface area contributed by atoms with Crippen LogP contribution in [0, 0.1) is 0 Å². The van der Waals surface area contributed by atoms with E-state index in [0.717, 1.165) is 17.3 Å². The number of hydrazine groups is 1. The standard InChI is InChI=1S/C13H19BrN4O2/c1-13(2)6-9(3-4-20-13)17-12(19)10-5-8(14)7-16-11(10)18-15/h5,7,9H,3-4,6,15H2,1-2H3,(H,16,18)(H,17,19). The molecule has 4 N–H and O–H groups in total. The maximum absolute atomic E-state index is 12.3. The Hall–Kier alpha value is -1.18. The van der Waals surface area contributed by atoms with E-state index >= 15 is 0 Å². The number of nitrogens with two attached hydrogens (primary N) is 1. The zero-order valence-electron chi connectivity index (χ0n) is 11.6. The van der Waals surface area contributed by atoms with E-state index < -0.39 is 0 Å². The third kappa shape index (κ3) is 3.68. The maximum atomic E-state index is 12.3. The van der Waals surface area contributed by atoms with Crippen molar-refractivity contribution in [2.75, 3.05) is 12.0 Å². The van der Waals surface area contributed by atoms with Crippen molar-refractivity contribution in [1.82, 2.24) is 10.3 Å². The Morgan fingerprint density at radius 3 is 3.00 bits per heavy atom. The molecule has 1 aromatic heterocycles. The Balaban J connectivity index is 2.10. The molecule has 0 spiro atoms. The second-order valence-corrected chi connectivity index (χ2v) is 6.38. The second-order valence-electron chi connectivity index (χ2n) is 5.47. The van der Waals surface area contributed by atoms with Gasteiger partial charge in [-0.25, -0.2) is 10.8 Å². The van der Waals surface area contributed by atoms with E-state index in [-0.39, 0.29) is 17.6 Å². The summed E-state index contributed by atoms with van der Waals surface area (Å²) < 4.78 is 6.37. The minimum atomic E-state index is -0.208. The molecule has 1 atom stereocenters. The molecule has 1 aromatic rings. The highest BCUT2D eigenvalue weighted by molar-refractivity contribution is 9.10. The van der Waals surface area contributed by atoms with E-state index in [9.17, 15) is 4.79 Å². The van der Waals surface area contributed by atoms with Gasteiger partial charge in [-0.05, 0) is 48.7 Å². The van der Waals surface area contributed by atoms with Crippen LogP contribution in [-0.4, -0.2) is 29.1 Å². The van der Waals surface area contributed by atoms with Crippen molar-refractivity contribution >= 4 is 27.7 Å². The third-order valence-corrected chi connectivity index (χ3v) is 3.70. The van der Waals surface area contributed by atoms with Gasteiger partial charge >= 0.3 is 0 Å². The number of nitrogens with one attached hydrogen (secondary N) is 2. The number of nitrogen functional groups attached to an aromatic ring is 1. The lowest BCUT2D eigenvalue weighted by Gasteiger charge is -2.35. The van der Waals surface area contributed by atoms with Crippen molar-refractivity contribution in [2.24, 2.45) is 5.84 Å². The summed E-state index contributed by atoms with van der Waals surface area (Å²) in [7, 11) is 0. The molecule has 1 aliphatic heterocycles. The fourth-order valence-electron chi connectivity index (χ4n) is 2.35. The minimum absolute atomic E-state index is 0.0934. The lowest BCUT2D eigenvalue weighted by Crippen LogP contribution is -2.46. The van der Waals surface area contributed by atoms with Gasteiger partial charge in [0.25, 0.3) is 5.91 Å². The number of anilines is 1. The van der Waals surface area contributed by atoms with E-state index in [1.165, 1.54) is 0 Å². The largest absolute Gasteiger partial charge is 0.375 e. The van der Waals surface area contributed by atoms with Gasteiger partial charge in [0.2, 0.25) is 0 Å². The van der Waals surface area contributed by atoms with E-state index in [1.54, 1.807) is 12.3 Å². The molecular formula is C13H19BrN4O2. The zero-order chi connectivity index (χ0) is 14.8. The van der Waals surface area contributed by atoms with Crippen molar-refractivity contribution < 1.29 is 9.53 Å². The van der Waals surface area contributed by atoms with Gasteiger partial charge in [-0.3, -0.25) is 4.79 Å². The summed E-state index contributed by atoms with van der Waals surface area (Å²) in [6.07, 6.45) is 3.18. The molecular weight excluding hydrogens is 324 g/mol. The molecule has 6 nitrogen and oxygen atoms in total. The van der Waals surface area contributed by atoms with Crippen LogP contribution in [0.1, 0.15) is 37.0 Å². The number of hydrogen-bond acceptors (Lipinski definition) is 5. The van der Waals surface area contributed by atoms with E-state index in [0.29, 0.717) is 18.0 Å². The van der Waals surface area contributed by atoms with Crippen molar-refractivity contribution in [3.8, 4) is 0 Å². The Morgan fingerprint density at radius 2 is 2.35 bits per heavy atom. The Labute approximate surface area is 126 Å². The highest BCUT2D eigenvalue weighted by atomic mass is 79.9. The predicted molar refractivity (Wildman–Crippen MR) is 80.3 cm³/mol. The highest BCUT2D eigenvalue weighted by Gasteiger charge is 2.30. The van der Waals surface area contributed by atoms with Crippen LogP contribution >= 0.6 is 15.9 Å². The number of carbonyl (C=O) groups is 1. The molecule has 1 fully saturated rings. The van der Waals surface area contributed by atoms with Crippen LogP contribution in [-0.2, 0) is 4.74 Å². The summed E-state index contributed by atoms with van der Waals surface area (Å²) in [5, 5.41) is 3.02. The SMILES string of the molecule is CC1(C)CC(NC(=O)c2cc(Br)cnc2NN)CCO1. The number of aromatic nitrogens is 1. The van der Waals surface area contributed by atoms with Gasteiger partial charge in [-0.1, -0.05) is 0 Å². The lowest BCUT2D eigenvalue weighted by atomic mass is 9.94. The summed E-state index contributed by atoms with van der Waals surface area (Å²) in [6, 6.07) is 1.79. The van der Waals surface area contributed by atoms with Crippen LogP contribution in [0.4, 0.5) is 5.82 Å². The van der Waals surface area contributed by atoms with Crippen molar-refractivity contribution in [2.45, 2.75) is 38.3 Å². The van der Waals surface area contributed by atoms with Gasteiger partial charge in [0.1, 0.15) is 0 Å². The van der Waals surface area contributed by atoms with Crippen molar-refractivity contribution in [3.05, 3.63) is 22.3 Å². The van der Waals surface area contributed by atoms with Gasteiger partial charge < -0.3 is 15.5 Å². The fraction of sp³-hybridized carbons (Fsp3) is 0.538. The smallest absolute Gasteiger partial charge is 0.255 e. The molecule has 1 aliphatic rings. The number of ether oxygens (including phenoxy) is 1. The average Bonchev–Trinajstić information content (AvgIpc) is 2.37. The quantitative estimate of drug-likeness (QED) is 0.575. The normalized spacial score (nSPS) is 21.3. The number of rotatable bonds is 3. The molecule has 2 heterocycles. The summed E-state index contributed by atoms with van der Waals surface area (Å²) >= 11 is 3.31. The second kappa shape index (κ2) is 6.07. The van der Waals surface area contributed by atoms with Gasteiger partial charge in [0.15, 0.2) is 5.82 Å². The molecule has 0 saturated carbocycles. The fourth-order valence-corrected chi connectivity index (χ4v) is 2.68. The number of halogens is 1. The molecule has 0 bridgehead atoms. The van der Waals surface area contributed by atoms with E-state index in [2.05, 4.69) is 31.7 Å². The van der Waals surface area contributed by atoms with Crippen LogP contribution in [0.15, 0.2) is 16.7 Å². The minimum Gasteiger partial charge on any atom is -0.375 e. The van der Waals surface area contributed by atoms with Crippen LogP contribution in [0.25, 0.3) is 0 Å². The maximum Gasteiger partial charge on any atom is 0.255 e. The number of nitrogens with zero attached hydrogens (tertiary/aromatic N) is 1. The molecule has 7 heteroatoms. The Bertz CT molecular complexity index is 507. The lowest BCUT2D eigenvalue weighted by molar-refractivity contribution is -0.0615. The van der Waals surface area contributed by atoms with Gasteiger partial charge in [-0.2, -0.15) is 0 Å². The van der Waals surface area contributed by atoms with Crippen LogP contribution in [0.5, 0.6) is 0 Å². The van der Waals surface area contributed by atoms with E-state index in [4.69, 9.17) is 10.6 Å². The van der Waals surface area contributed by atoms with Gasteiger partial charge in [0, 0.05) is 23.3 Å². The first kappa shape index (κ1) is 15.2. The van der Waals surface area contributed by atoms with Crippen molar-refractivity contribution in [1.29, 1.82) is 0 Å². The monoisotopic (exact) mass is 342 g/mol. The number of amides is 1. The topological polar surface area (TPSA) is 89.3 Å². The molecule has 110 valence electrons. The Morgan fingerprint density at radius 1 is 1.60 bits per heavy atom. The summed E-state index contributed by atoms with van der Waals surface area (Å²) in [6.45, 7) is 4.70. The average molecular weight is 343 g/mol. The number of carbonyl (C=O) groups excluding carboxylic acids is 1. The van der Waals surface area contributed by atoms with Crippen LogP contribution in [0.2, 0.25) is 0 Å². The first-order valence-electron chi connectivity index (χ1n) is 6.48. The molecule has 0 radical (unpaired) electrons. The van der Waals surface area contributed by atoms with E-state index in [1.807, 2.05) is 13.8 Å². The van der Waals surface area contributed by atoms with Crippen LogP contribution in [0.3, 0.4) is 0 Å². The first-order chi connectivity index (χ1) is 9.41. The predicted octanol–water partition coefficient (Wildman–Crippen LogP) is 1.82. The van der Waals surface area contributed by atoms with Gasteiger partial charge in [-0.15, -0.1) is 0 Å².